The van der Waals surface area contributed by atoms with Gasteiger partial charge in [0.15, 0.2) is 11.4 Å². The number of amides is 1. The Morgan fingerprint density at radius 3 is 2.62 bits per heavy atom. The van der Waals surface area contributed by atoms with E-state index in [1.165, 1.54) is 0 Å². The number of carbonyl (C=O) groups is 1. The average molecular weight is 400 g/mol. The molecule has 0 saturated carbocycles. The van der Waals surface area contributed by atoms with Gasteiger partial charge in [0.1, 0.15) is 5.54 Å². The molecule has 24 heavy (non-hydrogen) atoms. The Morgan fingerprint density at radius 2 is 2.08 bits per heavy atom. The molecule has 0 unspecified atom stereocenters. The first-order valence-corrected chi connectivity index (χ1v) is 8.86. The number of rotatable bonds is 5. The molecule has 0 aromatic carbocycles. The molecule has 3 heterocycles. The Bertz CT molecular complexity index is 712. The quantitative estimate of drug-likeness (QED) is 0.701. The van der Waals surface area contributed by atoms with E-state index in [-0.39, 0.29) is 22.6 Å². The van der Waals surface area contributed by atoms with E-state index >= 15 is 0 Å². The van der Waals surface area contributed by atoms with Crippen LogP contribution in [0.1, 0.15) is 30.3 Å². The molecule has 0 N–H and O–H groups in total. The predicted molar refractivity (Wildman–Crippen MR) is 92.3 cm³/mol. The van der Waals surface area contributed by atoms with E-state index in [2.05, 4.69) is 15.9 Å². The maximum Gasteiger partial charge on any atom is 0.288 e. The second-order valence-corrected chi connectivity index (χ2v) is 7.34. The van der Waals surface area contributed by atoms with Gasteiger partial charge >= 0.3 is 0 Å². The lowest BCUT2D eigenvalue weighted by Crippen LogP contribution is -2.66. The molecule has 1 aromatic rings. The Labute approximate surface area is 149 Å². The van der Waals surface area contributed by atoms with Crippen LogP contribution >= 0.6 is 15.9 Å². The van der Waals surface area contributed by atoms with Gasteiger partial charge in [-0.05, 0) is 22.4 Å². The third-order valence-electron chi connectivity index (χ3n) is 4.48. The zero-order valence-electron chi connectivity index (χ0n) is 14.2. The molecule has 2 aliphatic rings. The summed E-state index contributed by atoms with van der Waals surface area (Å²) in [5, 5.41) is 3.38. The van der Waals surface area contributed by atoms with Crippen molar-refractivity contribution in [1.82, 2.24) is 14.6 Å². The van der Waals surface area contributed by atoms with Crippen LogP contribution < -0.4 is 10.2 Å². The molecule has 1 saturated heterocycles. The molecule has 1 aromatic heterocycles. The predicted octanol–water partition coefficient (Wildman–Crippen LogP) is 1.45. The van der Waals surface area contributed by atoms with Gasteiger partial charge < -0.3 is 14.0 Å². The number of nitrogens with zero attached hydrogens (tertiary/aromatic N) is 3. The summed E-state index contributed by atoms with van der Waals surface area (Å²) in [6, 6.07) is 0. The summed E-state index contributed by atoms with van der Waals surface area (Å²) in [6.07, 6.45) is 3.47. The number of pyridine rings is 1. The minimum Gasteiger partial charge on any atom is -0.487 e. The molecule has 2 aliphatic heterocycles. The van der Waals surface area contributed by atoms with Crippen molar-refractivity contribution >= 4 is 21.8 Å². The fourth-order valence-corrected chi connectivity index (χ4v) is 3.41. The van der Waals surface area contributed by atoms with Crippen LogP contribution in [0.25, 0.3) is 0 Å². The largest absolute Gasteiger partial charge is 0.487 e. The molecule has 7 nitrogen and oxygen atoms in total. The molecule has 8 heteroatoms. The van der Waals surface area contributed by atoms with Gasteiger partial charge in [-0.15, -0.1) is 0 Å². The highest BCUT2D eigenvalue weighted by Crippen LogP contribution is 2.37. The molecule has 1 amide bonds. The van der Waals surface area contributed by atoms with Gasteiger partial charge in [-0.3, -0.25) is 14.6 Å². The van der Waals surface area contributed by atoms with Crippen molar-refractivity contribution in [2.45, 2.75) is 25.3 Å². The van der Waals surface area contributed by atoms with E-state index in [1.54, 1.807) is 16.2 Å². The molecular weight excluding hydrogens is 378 g/mol. The van der Waals surface area contributed by atoms with Crippen LogP contribution in [0.3, 0.4) is 0 Å². The molecule has 1 spiro atoms. The number of hydrazine groups is 1. The number of hydrogen-bond donors (Lipinski definition) is 0. The molecule has 0 aliphatic carbocycles. The Hall–Kier alpha value is -1.38. The molecule has 0 atom stereocenters. The monoisotopic (exact) mass is 399 g/mol. The highest BCUT2D eigenvalue weighted by molar-refractivity contribution is 9.10. The zero-order chi connectivity index (χ0) is 17.5. The number of ether oxygens (including phenoxy) is 2. The Kier molecular flexibility index (Phi) is 4.72. The summed E-state index contributed by atoms with van der Waals surface area (Å²) >= 11 is 3.31. The van der Waals surface area contributed by atoms with Crippen LogP contribution in [0, 0.1) is 0 Å². The van der Waals surface area contributed by atoms with Crippen molar-refractivity contribution in [2.24, 2.45) is 0 Å². The van der Waals surface area contributed by atoms with E-state index in [1.807, 2.05) is 25.6 Å². The summed E-state index contributed by atoms with van der Waals surface area (Å²) < 4.78 is 13.4. The van der Waals surface area contributed by atoms with Crippen molar-refractivity contribution < 1.29 is 14.3 Å². The lowest BCUT2D eigenvalue weighted by Gasteiger charge is -2.51. The summed E-state index contributed by atoms with van der Waals surface area (Å²) in [4.78, 5) is 25.6. The van der Waals surface area contributed by atoms with Crippen LogP contribution in [-0.4, -0.2) is 61.0 Å². The van der Waals surface area contributed by atoms with E-state index in [0.717, 1.165) is 12.8 Å². The summed E-state index contributed by atoms with van der Waals surface area (Å²) in [5.41, 5.74) is -0.337. The van der Waals surface area contributed by atoms with Crippen molar-refractivity contribution in [3.63, 3.8) is 0 Å². The van der Waals surface area contributed by atoms with Crippen LogP contribution in [0.15, 0.2) is 15.5 Å². The van der Waals surface area contributed by atoms with Crippen molar-refractivity contribution in [1.29, 1.82) is 0 Å². The van der Waals surface area contributed by atoms with Crippen molar-refractivity contribution in [2.75, 3.05) is 40.5 Å². The van der Waals surface area contributed by atoms with Crippen LogP contribution in [0.5, 0.6) is 5.75 Å². The standard InChI is InChI=1S/C16H22BrN3O4/c1-4-5-6-24-14-12-15(22)20(18(2)3)8-16(9-23-10-16)19(12)7-11(17)13(14)21/h7H,4-6,8-10H2,1-3H3. The number of unbranched alkanes of at least 4 members (excludes halogenated alkanes) is 1. The van der Waals surface area contributed by atoms with E-state index in [4.69, 9.17) is 9.47 Å². The molecule has 1 fully saturated rings. The normalized spacial score (nSPS) is 18.7. The second kappa shape index (κ2) is 6.50. The number of aromatic nitrogens is 1. The zero-order valence-corrected chi connectivity index (χ0v) is 15.8. The van der Waals surface area contributed by atoms with Gasteiger partial charge in [-0.1, -0.05) is 13.3 Å². The summed E-state index contributed by atoms with van der Waals surface area (Å²) in [6.45, 7) is 3.97. The maximum absolute atomic E-state index is 13.0. The van der Waals surface area contributed by atoms with Gasteiger partial charge in [0.25, 0.3) is 5.91 Å². The summed E-state index contributed by atoms with van der Waals surface area (Å²) in [7, 11) is 3.63. The maximum atomic E-state index is 13.0. The number of fused-ring (bicyclic) bond motifs is 2. The van der Waals surface area contributed by atoms with E-state index in [0.29, 0.717) is 36.5 Å². The van der Waals surface area contributed by atoms with Gasteiger partial charge in [0.05, 0.1) is 30.8 Å². The number of carbonyl (C=O) groups excluding carboxylic acids is 1. The number of hydrogen-bond acceptors (Lipinski definition) is 5. The topological polar surface area (TPSA) is 64.0 Å². The molecule has 0 bridgehead atoms. The van der Waals surface area contributed by atoms with E-state index < -0.39 is 0 Å². The average Bonchev–Trinajstić information content (AvgIpc) is 2.49. The Morgan fingerprint density at radius 1 is 1.38 bits per heavy atom. The van der Waals surface area contributed by atoms with Gasteiger partial charge in [0, 0.05) is 20.3 Å². The lowest BCUT2D eigenvalue weighted by atomic mass is 9.92. The molecular formula is C16H22BrN3O4. The first kappa shape index (κ1) is 17.4. The first-order valence-electron chi connectivity index (χ1n) is 8.06. The van der Waals surface area contributed by atoms with Gasteiger partial charge in [-0.2, -0.15) is 0 Å². The highest BCUT2D eigenvalue weighted by atomic mass is 79.9. The molecule has 3 rings (SSSR count). The lowest BCUT2D eigenvalue weighted by molar-refractivity contribution is -0.138. The van der Waals surface area contributed by atoms with Gasteiger partial charge in [0.2, 0.25) is 5.43 Å². The van der Waals surface area contributed by atoms with Crippen molar-refractivity contribution in [3.8, 4) is 5.75 Å². The third kappa shape index (κ3) is 2.66. The van der Waals surface area contributed by atoms with Crippen molar-refractivity contribution in [3.05, 3.63) is 26.6 Å². The van der Waals surface area contributed by atoms with Crippen LogP contribution in [0.2, 0.25) is 0 Å². The summed E-state index contributed by atoms with van der Waals surface area (Å²) in [5.74, 6) is -0.103. The first-order chi connectivity index (χ1) is 11.4. The number of halogens is 1. The van der Waals surface area contributed by atoms with Crippen LogP contribution in [0.4, 0.5) is 0 Å². The fraction of sp³-hybridized carbons (Fsp3) is 0.625. The minimum atomic E-state index is -0.355. The minimum absolute atomic E-state index is 0.126. The van der Waals surface area contributed by atoms with E-state index in [9.17, 15) is 9.59 Å². The van der Waals surface area contributed by atoms with Gasteiger partial charge in [-0.25, -0.2) is 5.01 Å². The second-order valence-electron chi connectivity index (χ2n) is 6.48. The Balaban J connectivity index is 2.15. The SMILES string of the molecule is CCCCOc1c2n(cc(Br)c1=O)C1(COC1)CN(N(C)C)C2=O. The third-order valence-corrected chi connectivity index (χ3v) is 5.05. The van der Waals surface area contributed by atoms with Crippen LogP contribution in [-0.2, 0) is 10.3 Å². The molecule has 0 radical (unpaired) electrons. The smallest absolute Gasteiger partial charge is 0.288 e. The molecule has 132 valence electrons. The fourth-order valence-electron chi connectivity index (χ4n) is 3.03. The highest BCUT2D eigenvalue weighted by Gasteiger charge is 2.50.